The Hall–Kier alpha value is -2.77. The molecule has 2 N–H and O–H groups in total. The number of ether oxygens (including phenoxy) is 1. The first kappa shape index (κ1) is 17.1. The zero-order valence-corrected chi connectivity index (χ0v) is 14.5. The number of amides is 2. The summed E-state index contributed by atoms with van der Waals surface area (Å²) in [6, 6.07) is 11.4. The molecular weight excluding hydrogens is 336 g/mol. The van der Waals surface area contributed by atoms with E-state index in [9.17, 15) is 4.79 Å². The molecule has 0 saturated heterocycles. The minimum absolute atomic E-state index is 0.288. The molecule has 0 bridgehead atoms. The van der Waals surface area contributed by atoms with Gasteiger partial charge in [-0.1, -0.05) is 24.3 Å². The van der Waals surface area contributed by atoms with Gasteiger partial charge in [0.25, 0.3) is 0 Å². The van der Waals surface area contributed by atoms with Crippen LogP contribution in [-0.4, -0.2) is 23.1 Å². The molecule has 7 heteroatoms. The minimum Gasteiger partial charge on any atom is -0.380 e. The topological polar surface area (TPSA) is 76.1 Å². The Bertz CT molecular complexity index is 836. The Morgan fingerprint density at radius 1 is 1.24 bits per heavy atom. The molecule has 0 aliphatic heterocycles. The fourth-order valence-corrected chi connectivity index (χ4v) is 3.01. The molecule has 2 heterocycles. The number of anilines is 1. The number of benzene rings is 1. The average molecular weight is 354 g/mol. The monoisotopic (exact) mass is 354 g/mol. The van der Waals surface area contributed by atoms with Gasteiger partial charge in [0.1, 0.15) is 0 Å². The molecule has 0 atom stereocenters. The standard InChI is InChI=1S/C18H18N4O2S/c1-24-11-14-5-2-4-13(8-14)9-20-17(23)22-18-21-16(12-25-18)15-6-3-7-19-10-15/h2-8,10,12H,9,11H2,1H3,(H2,20,21,22,23). The molecule has 0 aliphatic carbocycles. The van der Waals surface area contributed by atoms with Gasteiger partial charge in [-0.15, -0.1) is 11.3 Å². The maximum absolute atomic E-state index is 12.0. The summed E-state index contributed by atoms with van der Waals surface area (Å²) < 4.78 is 5.12. The summed E-state index contributed by atoms with van der Waals surface area (Å²) in [5.41, 5.74) is 3.80. The summed E-state index contributed by atoms with van der Waals surface area (Å²) in [6.45, 7) is 0.987. The van der Waals surface area contributed by atoms with Crippen molar-refractivity contribution in [2.24, 2.45) is 0 Å². The van der Waals surface area contributed by atoms with Crippen molar-refractivity contribution in [3.8, 4) is 11.3 Å². The number of pyridine rings is 1. The van der Waals surface area contributed by atoms with Crippen molar-refractivity contribution in [1.29, 1.82) is 0 Å². The third-order valence-electron chi connectivity index (χ3n) is 3.44. The van der Waals surface area contributed by atoms with Crippen molar-refractivity contribution in [2.45, 2.75) is 13.2 Å². The second kappa shape index (κ2) is 8.36. The molecule has 0 unspecified atom stereocenters. The van der Waals surface area contributed by atoms with Crippen molar-refractivity contribution in [1.82, 2.24) is 15.3 Å². The van der Waals surface area contributed by atoms with E-state index < -0.39 is 0 Å². The van der Waals surface area contributed by atoms with E-state index in [-0.39, 0.29) is 6.03 Å². The number of nitrogens with zero attached hydrogens (tertiary/aromatic N) is 2. The van der Waals surface area contributed by atoms with Crippen molar-refractivity contribution >= 4 is 22.5 Å². The summed E-state index contributed by atoms with van der Waals surface area (Å²) >= 11 is 1.38. The number of urea groups is 1. The van der Waals surface area contributed by atoms with Crippen LogP contribution in [0.1, 0.15) is 11.1 Å². The Morgan fingerprint density at radius 2 is 2.12 bits per heavy atom. The van der Waals surface area contributed by atoms with Gasteiger partial charge in [-0.2, -0.15) is 0 Å². The largest absolute Gasteiger partial charge is 0.380 e. The van der Waals surface area contributed by atoms with Crippen molar-refractivity contribution in [2.75, 3.05) is 12.4 Å². The normalized spacial score (nSPS) is 10.4. The SMILES string of the molecule is COCc1cccc(CNC(=O)Nc2nc(-c3cccnc3)cs2)c1. The zero-order valence-electron chi connectivity index (χ0n) is 13.7. The minimum atomic E-state index is -0.288. The highest BCUT2D eigenvalue weighted by atomic mass is 32.1. The molecule has 0 aliphatic rings. The van der Waals surface area contributed by atoms with E-state index in [0.717, 1.165) is 22.4 Å². The van der Waals surface area contributed by atoms with Crippen molar-refractivity contribution in [3.63, 3.8) is 0 Å². The fraction of sp³-hybridized carbons (Fsp3) is 0.167. The van der Waals surface area contributed by atoms with E-state index in [1.54, 1.807) is 19.5 Å². The lowest BCUT2D eigenvalue weighted by molar-refractivity contribution is 0.185. The van der Waals surface area contributed by atoms with Crippen LogP contribution >= 0.6 is 11.3 Å². The van der Waals surface area contributed by atoms with Crippen LogP contribution in [0.3, 0.4) is 0 Å². The van der Waals surface area contributed by atoms with Crippen LogP contribution in [0, 0.1) is 0 Å². The van der Waals surface area contributed by atoms with Crippen molar-refractivity contribution in [3.05, 3.63) is 65.3 Å². The van der Waals surface area contributed by atoms with Crippen LogP contribution < -0.4 is 10.6 Å². The highest BCUT2D eigenvalue weighted by Gasteiger charge is 2.08. The summed E-state index contributed by atoms with van der Waals surface area (Å²) in [5.74, 6) is 0. The Labute approximate surface area is 149 Å². The first-order chi connectivity index (χ1) is 12.2. The van der Waals surface area contributed by atoms with Gasteiger partial charge in [-0.05, 0) is 23.3 Å². The summed E-state index contributed by atoms with van der Waals surface area (Å²) in [4.78, 5) is 20.5. The number of aromatic nitrogens is 2. The lowest BCUT2D eigenvalue weighted by atomic mass is 10.1. The molecule has 0 fully saturated rings. The van der Waals surface area contributed by atoms with Gasteiger partial charge in [0, 0.05) is 37.0 Å². The number of carbonyl (C=O) groups is 1. The quantitative estimate of drug-likeness (QED) is 0.708. The van der Waals surface area contributed by atoms with Crippen LogP contribution in [0.15, 0.2) is 54.2 Å². The maximum atomic E-state index is 12.0. The number of rotatable bonds is 6. The predicted octanol–water partition coefficient (Wildman–Crippen LogP) is 3.67. The van der Waals surface area contributed by atoms with Crippen molar-refractivity contribution < 1.29 is 9.53 Å². The molecule has 1 aromatic carbocycles. The fourth-order valence-electron chi connectivity index (χ4n) is 2.30. The van der Waals surface area contributed by atoms with E-state index in [4.69, 9.17) is 4.74 Å². The molecule has 128 valence electrons. The first-order valence-electron chi connectivity index (χ1n) is 7.72. The molecule has 0 saturated carbocycles. The highest BCUT2D eigenvalue weighted by Crippen LogP contribution is 2.23. The lowest BCUT2D eigenvalue weighted by Gasteiger charge is -2.07. The second-order valence-corrected chi connectivity index (χ2v) is 6.20. The Morgan fingerprint density at radius 3 is 2.92 bits per heavy atom. The molecular formula is C18H18N4O2S. The van der Waals surface area contributed by atoms with Crippen LogP contribution in [0.4, 0.5) is 9.93 Å². The van der Waals surface area contributed by atoms with Crippen LogP contribution in [0.2, 0.25) is 0 Å². The van der Waals surface area contributed by atoms with Gasteiger partial charge >= 0.3 is 6.03 Å². The van der Waals surface area contributed by atoms with E-state index >= 15 is 0 Å². The lowest BCUT2D eigenvalue weighted by Crippen LogP contribution is -2.28. The number of methoxy groups -OCH3 is 1. The van der Waals surface area contributed by atoms with E-state index in [1.165, 1.54) is 11.3 Å². The number of hydrogen-bond donors (Lipinski definition) is 2. The van der Waals surface area contributed by atoms with Gasteiger partial charge in [-0.3, -0.25) is 10.3 Å². The number of carbonyl (C=O) groups excluding carboxylic acids is 1. The molecule has 0 radical (unpaired) electrons. The first-order valence-corrected chi connectivity index (χ1v) is 8.60. The van der Waals surface area contributed by atoms with E-state index in [0.29, 0.717) is 18.3 Å². The smallest absolute Gasteiger partial charge is 0.321 e. The number of hydrogen-bond acceptors (Lipinski definition) is 5. The third kappa shape index (κ3) is 4.85. The predicted molar refractivity (Wildman–Crippen MR) is 98.4 cm³/mol. The summed E-state index contributed by atoms with van der Waals surface area (Å²) in [7, 11) is 1.66. The number of nitrogens with one attached hydrogen (secondary N) is 2. The molecule has 25 heavy (non-hydrogen) atoms. The van der Waals surface area contributed by atoms with Crippen LogP contribution in [0.5, 0.6) is 0 Å². The van der Waals surface area contributed by atoms with Gasteiger partial charge in [0.05, 0.1) is 12.3 Å². The Balaban J connectivity index is 1.55. The van der Waals surface area contributed by atoms with Gasteiger partial charge < -0.3 is 10.1 Å². The molecule has 0 spiro atoms. The van der Waals surface area contributed by atoms with Gasteiger partial charge in [-0.25, -0.2) is 9.78 Å². The molecule has 2 aromatic heterocycles. The van der Waals surface area contributed by atoms with E-state index in [1.807, 2.05) is 41.8 Å². The molecule has 3 rings (SSSR count). The summed E-state index contributed by atoms with van der Waals surface area (Å²) in [5, 5.41) is 8.02. The van der Waals surface area contributed by atoms with E-state index in [2.05, 4.69) is 20.6 Å². The molecule has 2 amide bonds. The highest BCUT2D eigenvalue weighted by molar-refractivity contribution is 7.14. The summed E-state index contributed by atoms with van der Waals surface area (Å²) in [6.07, 6.45) is 3.45. The molecule has 3 aromatic rings. The third-order valence-corrected chi connectivity index (χ3v) is 4.20. The molecule has 6 nitrogen and oxygen atoms in total. The zero-order chi connectivity index (χ0) is 17.5. The maximum Gasteiger partial charge on any atom is 0.321 e. The van der Waals surface area contributed by atoms with Gasteiger partial charge in [0.2, 0.25) is 0 Å². The van der Waals surface area contributed by atoms with Crippen LogP contribution in [-0.2, 0) is 17.9 Å². The second-order valence-electron chi connectivity index (χ2n) is 5.34. The Kier molecular flexibility index (Phi) is 5.71. The van der Waals surface area contributed by atoms with Crippen LogP contribution in [0.25, 0.3) is 11.3 Å². The average Bonchev–Trinajstić information content (AvgIpc) is 3.10. The number of thiazole rings is 1. The van der Waals surface area contributed by atoms with Gasteiger partial charge in [0.15, 0.2) is 5.13 Å².